The molecule has 2 aliphatic heterocycles. The molecule has 1 spiro atoms. The highest BCUT2D eigenvalue weighted by Crippen LogP contribution is 2.63. The van der Waals surface area contributed by atoms with Gasteiger partial charge in [-0.2, -0.15) is 0 Å². The first kappa shape index (κ1) is 20.0. The Hall–Kier alpha value is -3.66. The van der Waals surface area contributed by atoms with Crippen molar-refractivity contribution >= 4 is 23.6 Å². The molecule has 3 aromatic carbocycles. The Morgan fingerprint density at radius 1 is 0.909 bits per heavy atom. The van der Waals surface area contributed by atoms with E-state index in [2.05, 4.69) is 18.2 Å². The lowest BCUT2D eigenvalue weighted by molar-refractivity contribution is -0.126. The molecule has 4 nitrogen and oxygen atoms in total. The molecule has 0 fully saturated rings. The Labute approximate surface area is 193 Å². The monoisotopic (exact) mass is 435 g/mol. The fourth-order valence-electron chi connectivity index (χ4n) is 6.40. The number of ether oxygens (including phenoxy) is 1. The van der Waals surface area contributed by atoms with Crippen LogP contribution in [0.5, 0.6) is 5.75 Å². The van der Waals surface area contributed by atoms with Crippen LogP contribution in [0.25, 0.3) is 0 Å². The predicted octanol–water partition coefficient (Wildman–Crippen LogP) is 5.56. The lowest BCUT2D eigenvalue weighted by Crippen LogP contribution is -2.56. The summed E-state index contributed by atoms with van der Waals surface area (Å²) in [4.78, 5) is 28.8. The van der Waals surface area contributed by atoms with Crippen molar-refractivity contribution in [2.75, 3.05) is 4.90 Å². The maximum atomic E-state index is 14.7. The van der Waals surface area contributed by atoms with Crippen molar-refractivity contribution < 1.29 is 14.3 Å². The molecule has 0 N–H and O–H groups in total. The first-order valence-electron chi connectivity index (χ1n) is 11.5. The second-order valence-electron chi connectivity index (χ2n) is 9.28. The Bertz CT molecular complexity index is 1300. The third kappa shape index (κ3) is 2.52. The number of nitrogens with zero attached hydrogens (tertiary/aromatic N) is 1. The minimum atomic E-state index is -0.907. The molecule has 0 bridgehead atoms. The van der Waals surface area contributed by atoms with E-state index in [0.29, 0.717) is 5.57 Å². The van der Waals surface area contributed by atoms with Crippen LogP contribution in [-0.2, 0) is 15.0 Å². The van der Waals surface area contributed by atoms with E-state index in [1.165, 1.54) is 0 Å². The third-order valence-corrected chi connectivity index (χ3v) is 7.85. The summed E-state index contributed by atoms with van der Waals surface area (Å²) < 4.78 is 6.28. The minimum absolute atomic E-state index is 0.0220. The molecule has 0 aromatic heterocycles. The van der Waals surface area contributed by atoms with Crippen molar-refractivity contribution in [3.05, 3.63) is 102 Å². The molecular weight excluding hydrogens is 410 g/mol. The fourth-order valence-corrected chi connectivity index (χ4v) is 6.40. The zero-order chi connectivity index (χ0) is 22.7. The number of rotatable bonds is 2. The summed E-state index contributed by atoms with van der Waals surface area (Å²) in [5.41, 5.74) is 3.51. The molecule has 3 aromatic rings. The third-order valence-electron chi connectivity index (χ3n) is 7.85. The molecule has 0 radical (unpaired) electrons. The van der Waals surface area contributed by atoms with Gasteiger partial charge < -0.3 is 4.74 Å². The highest BCUT2D eigenvalue weighted by Gasteiger charge is 2.64. The van der Waals surface area contributed by atoms with Gasteiger partial charge in [-0.3, -0.25) is 14.5 Å². The van der Waals surface area contributed by atoms with Gasteiger partial charge in [0.15, 0.2) is 0 Å². The molecule has 1 aliphatic carbocycles. The SMILES string of the molecule is C[C@@H]1C(C=O)=C[C@H]2[C@@H](c3ccccc3O[C@@H]2C)[C@@]12C(=O)N(c1ccccc1)c1ccccc12. The van der Waals surface area contributed by atoms with Crippen LogP contribution in [0.3, 0.4) is 0 Å². The number of fused-ring (bicyclic) bond motifs is 6. The van der Waals surface area contributed by atoms with Crippen molar-refractivity contribution in [1.82, 2.24) is 0 Å². The van der Waals surface area contributed by atoms with Crippen LogP contribution in [0.4, 0.5) is 11.4 Å². The van der Waals surface area contributed by atoms with Crippen LogP contribution < -0.4 is 9.64 Å². The Balaban J connectivity index is 1.69. The number of anilines is 2. The molecule has 0 unspecified atom stereocenters. The van der Waals surface area contributed by atoms with Gasteiger partial charge in [0.2, 0.25) is 5.91 Å². The molecular formula is C29H25NO3. The van der Waals surface area contributed by atoms with Gasteiger partial charge in [0.25, 0.3) is 0 Å². The summed E-state index contributed by atoms with van der Waals surface area (Å²) in [6.45, 7) is 4.07. The number of amides is 1. The standard InChI is InChI=1S/C29H25NO3/c1-18-20(17-31)16-23-19(2)33-26-15-9-6-12-22(26)27(23)29(18)24-13-7-8-14-25(24)30(28(29)32)21-10-4-3-5-11-21/h3-19,23,27H,1-2H3/t18-,19-,23-,27-,29-/m1/s1. The van der Waals surface area contributed by atoms with E-state index in [1.54, 1.807) is 0 Å². The van der Waals surface area contributed by atoms with Crippen LogP contribution in [0.2, 0.25) is 0 Å². The highest BCUT2D eigenvalue weighted by molar-refractivity contribution is 6.14. The molecule has 1 amide bonds. The number of carbonyl (C=O) groups excluding carboxylic acids is 2. The van der Waals surface area contributed by atoms with Gasteiger partial charge in [0.1, 0.15) is 18.1 Å². The molecule has 33 heavy (non-hydrogen) atoms. The minimum Gasteiger partial charge on any atom is -0.490 e. The van der Waals surface area contributed by atoms with Crippen molar-refractivity contribution in [1.29, 1.82) is 0 Å². The number of para-hydroxylation sites is 3. The second kappa shape index (κ2) is 7.17. The zero-order valence-corrected chi connectivity index (χ0v) is 18.6. The molecule has 6 rings (SSSR count). The first-order chi connectivity index (χ1) is 16.1. The van der Waals surface area contributed by atoms with Crippen molar-refractivity contribution in [2.45, 2.75) is 31.3 Å². The van der Waals surface area contributed by atoms with E-state index in [9.17, 15) is 9.59 Å². The van der Waals surface area contributed by atoms with Crippen LogP contribution in [0, 0.1) is 11.8 Å². The van der Waals surface area contributed by atoms with E-state index in [4.69, 9.17) is 4.74 Å². The quantitative estimate of drug-likeness (QED) is 0.495. The van der Waals surface area contributed by atoms with E-state index in [1.807, 2.05) is 85.5 Å². The zero-order valence-electron chi connectivity index (χ0n) is 18.6. The average Bonchev–Trinajstić information content (AvgIpc) is 3.10. The average molecular weight is 436 g/mol. The maximum absolute atomic E-state index is 14.7. The van der Waals surface area contributed by atoms with Gasteiger partial charge in [-0.25, -0.2) is 0 Å². The molecule has 0 saturated heterocycles. The van der Waals surface area contributed by atoms with Crippen LogP contribution in [-0.4, -0.2) is 18.3 Å². The summed E-state index contributed by atoms with van der Waals surface area (Å²) in [7, 11) is 0. The fraction of sp³-hybridized carbons (Fsp3) is 0.241. The van der Waals surface area contributed by atoms with Crippen LogP contribution in [0.1, 0.15) is 30.9 Å². The van der Waals surface area contributed by atoms with Crippen molar-refractivity contribution in [3.63, 3.8) is 0 Å². The van der Waals surface area contributed by atoms with Crippen molar-refractivity contribution in [2.24, 2.45) is 11.8 Å². The van der Waals surface area contributed by atoms with E-state index in [-0.39, 0.29) is 29.8 Å². The van der Waals surface area contributed by atoms with Gasteiger partial charge in [-0.15, -0.1) is 0 Å². The smallest absolute Gasteiger partial charge is 0.243 e. The molecule has 2 heterocycles. The van der Waals surface area contributed by atoms with Gasteiger partial charge in [-0.1, -0.05) is 67.6 Å². The van der Waals surface area contributed by atoms with Gasteiger partial charge in [-0.05, 0) is 47.9 Å². The predicted molar refractivity (Wildman–Crippen MR) is 128 cm³/mol. The molecule has 4 heteroatoms. The van der Waals surface area contributed by atoms with E-state index in [0.717, 1.165) is 34.5 Å². The van der Waals surface area contributed by atoms with Gasteiger partial charge in [0, 0.05) is 23.4 Å². The van der Waals surface area contributed by atoms with E-state index >= 15 is 0 Å². The number of hydrogen-bond donors (Lipinski definition) is 0. The topological polar surface area (TPSA) is 46.6 Å². The van der Waals surface area contributed by atoms with Gasteiger partial charge >= 0.3 is 0 Å². The highest BCUT2D eigenvalue weighted by atomic mass is 16.5. The molecule has 0 saturated carbocycles. The number of aldehydes is 1. The van der Waals surface area contributed by atoms with Crippen LogP contribution >= 0.6 is 0 Å². The summed E-state index contributed by atoms with van der Waals surface area (Å²) in [6, 6.07) is 25.9. The van der Waals surface area contributed by atoms with E-state index < -0.39 is 5.41 Å². The number of allylic oxidation sites excluding steroid dienone is 1. The Morgan fingerprint density at radius 2 is 1.61 bits per heavy atom. The first-order valence-corrected chi connectivity index (χ1v) is 11.5. The summed E-state index contributed by atoms with van der Waals surface area (Å²) in [6.07, 6.45) is 2.82. The normalized spacial score (nSPS) is 29.6. The summed E-state index contributed by atoms with van der Waals surface area (Å²) >= 11 is 0. The van der Waals surface area contributed by atoms with Crippen molar-refractivity contribution in [3.8, 4) is 5.75 Å². The Morgan fingerprint density at radius 3 is 2.39 bits per heavy atom. The second-order valence-corrected chi connectivity index (χ2v) is 9.28. The number of benzene rings is 3. The number of carbonyl (C=O) groups is 2. The Kier molecular flexibility index (Phi) is 4.34. The largest absolute Gasteiger partial charge is 0.490 e. The molecule has 3 aliphatic rings. The lowest BCUT2D eigenvalue weighted by atomic mass is 9.52. The number of hydrogen-bond acceptors (Lipinski definition) is 3. The molecule has 164 valence electrons. The maximum Gasteiger partial charge on any atom is 0.243 e. The summed E-state index contributed by atoms with van der Waals surface area (Å²) in [5.74, 6) is 0.331. The summed E-state index contributed by atoms with van der Waals surface area (Å²) in [5, 5.41) is 0. The van der Waals surface area contributed by atoms with Crippen LogP contribution in [0.15, 0.2) is 90.5 Å². The van der Waals surface area contributed by atoms with Gasteiger partial charge in [0.05, 0.1) is 11.1 Å². The molecule has 5 atom stereocenters. The lowest BCUT2D eigenvalue weighted by Gasteiger charge is -2.51.